The minimum absolute atomic E-state index is 0.0334. The summed E-state index contributed by atoms with van der Waals surface area (Å²) >= 11 is 6.68. The number of rotatable bonds is 8. The third kappa shape index (κ3) is 5.25. The molecule has 13 heteroatoms. The number of aliphatic carboxylic acids is 1. The Labute approximate surface area is 256 Å². The molecule has 2 amide bonds. The molecule has 1 saturated heterocycles. The number of hydrogen-bond acceptors (Lipinski definition) is 6. The van der Waals surface area contributed by atoms with Crippen LogP contribution in [0.25, 0.3) is 0 Å². The van der Waals surface area contributed by atoms with Crippen LogP contribution < -0.4 is 4.74 Å². The van der Waals surface area contributed by atoms with Gasteiger partial charge in [0.1, 0.15) is 23.7 Å². The van der Waals surface area contributed by atoms with Crippen molar-refractivity contribution in [1.29, 1.82) is 0 Å². The van der Waals surface area contributed by atoms with Crippen LogP contribution in [0, 0.1) is 16.7 Å². The number of carbonyl (C=O) groups is 3. The van der Waals surface area contributed by atoms with Gasteiger partial charge in [0.05, 0.1) is 17.4 Å². The molecule has 43 heavy (non-hydrogen) atoms. The molecule has 0 radical (unpaired) electrons. The van der Waals surface area contributed by atoms with Gasteiger partial charge in [-0.2, -0.15) is 0 Å². The van der Waals surface area contributed by atoms with Crippen LogP contribution in [0.4, 0.5) is 8.78 Å². The van der Waals surface area contributed by atoms with Gasteiger partial charge in [-0.1, -0.05) is 29.6 Å². The van der Waals surface area contributed by atoms with Gasteiger partial charge in [-0.25, -0.2) is 13.5 Å². The van der Waals surface area contributed by atoms with E-state index in [0.29, 0.717) is 35.5 Å². The van der Waals surface area contributed by atoms with Crippen LogP contribution in [-0.2, 0) is 34.5 Å². The number of likely N-dealkylation sites (tertiary alicyclic amines) is 1. The number of halogens is 3. The van der Waals surface area contributed by atoms with Gasteiger partial charge in [-0.05, 0) is 62.1 Å². The smallest absolute Gasteiger partial charge is 0.310 e. The van der Waals surface area contributed by atoms with Crippen LogP contribution >= 0.6 is 11.6 Å². The first kappa shape index (κ1) is 27.3. The molecule has 2 aliphatic carbocycles. The van der Waals surface area contributed by atoms with E-state index in [4.69, 9.17) is 19.1 Å². The molecule has 0 unspecified atom stereocenters. The second kappa shape index (κ2) is 11.0. The molecule has 1 spiro atoms. The number of amides is 2. The number of benzene rings is 1. The Hall–Kier alpha value is -3.28. The molecule has 1 aromatic carbocycles. The standard InChI is InChI=1S/C30H36ClF2N5O5/c1-29(28(41)42)9-4-3-5-18(29)27(40)38-12-8-17-19(31)6-7-22(43-15-20-25(26(32)33)36(2)35-34-20)24(17)21(38)14-37-16-30(10-11-30)13-23(37)39/h6-7,18,21,26H,3-5,8-16H2,1-2H3,(H,41,42)/t18-,21+,29-/m0/s1/i3D,4D/t3-,4-,18+,21-,29+/m1. The topological polar surface area (TPSA) is 118 Å². The monoisotopic (exact) mass is 621 g/mol. The van der Waals surface area contributed by atoms with E-state index < -0.39 is 48.5 Å². The second-order valence-corrected chi connectivity index (χ2v) is 12.9. The Morgan fingerprint density at radius 3 is 2.72 bits per heavy atom. The number of nitrogens with zero attached hydrogens (tertiary/aromatic N) is 5. The molecule has 1 aromatic heterocycles. The molecule has 2 saturated carbocycles. The largest absolute Gasteiger partial charge is 0.487 e. The third-order valence-electron chi connectivity index (χ3n) is 9.76. The van der Waals surface area contributed by atoms with E-state index in [9.17, 15) is 28.3 Å². The number of hydrogen-bond donors (Lipinski definition) is 1. The Kier molecular flexibility index (Phi) is 6.99. The van der Waals surface area contributed by atoms with Crippen molar-refractivity contribution < 1.29 is 35.7 Å². The zero-order valence-corrected chi connectivity index (χ0v) is 24.8. The average molecular weight is 622 g/mol. The summed E-state index contributed by atoms with van der Waals surface area (Å²) in [6.07, 6.45) is -2.30. The summed E-state index contributed by atoms with van der Waals surface area (Å²) in [7, 11) is 1.36. The van der Waals surface area contributed by atoms with Crippen molar-refractivity contribution in [3.05, 3.63) is 39.7 Å². The van der Waals surface area contributed by atoms with Crippen molar-refractivity contribution in [3.8, 4) is 5.75 Å². The minimum Gasteiger partial charge on any atom is -0.487 e. The van der Waals surface area contributed by atoms with Crippen LogP contribution in [0.3, 0.4) is 0 Å². The zero-order valence-electron chi connectivity index (χ0n) is 26.1. The molecular weight excluding hydrogens is 584 g/mol. The van der Waals surface area contributed by atoms with Crippen molar-refractivity contribution in [1.82, 2.24) is 24.8 Å². The van der Waals surface area contributed by atoms with Crippen LogP contribution in [0.2, 0.25) is 5.02 Å². The summed E-state index contributed by atoms with van der Waals surface area (Å²) in [4.78, 5) is 43.5. The molecule has 6 rings (SSSR count). The summed E-state index contributed by atoms with van der Waals surface area (Å²) in [5, 5.41) is 18.2. The minimum atomic E-state index is -2.83. The molecule has 5 atom stereocenters. The first-order valence-electron chi connectivity index (χ1n) is 15.7. The molecule has 2 aromatic rings. The number of carboxylic acid groups (broad SMARTS) is 1. The lowest BCUT2D eigenvalue weighted by Crippen LogP contribution is -2.52. The first-order chi connectivity index (χ1) is 21.2. The van der Waals surface area contributed by atoms with Gasteiger partial charge < -0.3 is 19.6 Å². The van der Waals surface area contributed by atoms with Crippen LogP contribution in [-0.4, -0.2) is 67.3 Å². The number of aryl methyl sites for hydroxylation is 1. The molecule has 3 fully saturated rings. The highest BCUT2D eigenvalue weighted by atomic mass is 35.5. The van der Waals surface area contributed by atoms with E-state index in [1.54, 1.807) is 21.9 Å². The fraction of sp³-hybridized carbons (Fsp3) is 0.633. The highest BCUT2D eigenvalue weighted by Crippen LogP contribution is 2.54. The Bertz CT molecular complexity index is 1540. The number of carboxylic acids is 1. The third-order valence-corrected chi connectivity index (χ3v) is 10.1. The van der Waals surface area contributed by atoms with Crippen molar-refractivity contribution in [2.45, 2.75) is 77.3 Å². The van der Waals surface area contributed by atoms with Gasteiger partial charge >= 0.3 is 5.97 Å². The maximum atomic E-state index is 14.5. The number of alkyl halides is 2. The summed E-state index contributed by atoms with van der Waals surface area (Å²) in [6.45, 7) is 1.97. The second-order valence-electron chi connectivity index (χ2n) is 12.5. The number of carbonyl (C=O) groups excluding carboxylic acids is 2. The highest BCUT2D eigenvalue weighted by Gasteiger charge is 2.54. The predicted octanol–water partition coefficient (Wildman–Crippen LogP) is 4.70. The Morgan fingerprint density at radius 2 is 2.05 bits per heavy atom. The van der Waals surface area contributed by atoms with Crippen LogP contribution in [0.1, 0.15) is 89.5 Å². The van der Waals surface area contributed by atoms with Gasteiger partial charge in [0, 0.05) is 46.4 Å². The summed E-state index contributed by atoms with van der Waals surface area (Å²) in [5.74, 6) is -2.48. The number of ether oxygens (including phenoxy) is 1. The molecule has 2 aliphatic heterocycles. The maximum Gasteiger partial charge on any atom is 0.310 e. The van der Waals surface area contributed by atoms with Crippen molar-refractivity contribution in [2.75, 3.05) is 19.6 Å². The molecule has 232 valence electrons. The van der Waals surface area contributed by atoms with E-state index in [2.05, 4.69) is 10.3 Å². The number of aromatic nitrogens is 3. The Balaban J connectivity index is 1.39. The summed E-state index contributed by atoms with van der Waals surface area (Å²) in [6, 6.07) is 2.46. The molecular formula is C30H36ClF2N5O5. The first-order valence-corrected chi connectivity index (χ1v) is 14.9. The lowest BCUT2D eigenvalue weighted by Gasteiger charge is -2.45. The van der Waals surface area contributed by atoms with Gasteiger partial charge in [-0.15, -0.1) is 5.10 Å². The predicted molar refractivity (Wildman–Crippen MR) is 150 cm³/mol. The lowest BCUT2D eigenvalue weighted by molar-refractivity contribution is -0.162. The summed E-state index contributed by atoms with van der Waals surface area (Å²) < 4.78 is 51.2. The quantitative estimate of drug-likeness (QED) is 0.454. The molecule has 3 heterocycles. The fourth-order valence-corrected chi connectivity index (χ4v) is 7.18. The van der Waals surface area contributed by atoms with Crippen LogP contribution in [0.5, 0.6) is 5.75 Å². The van der Waals surface area contributed by atoms with Crippen LogP contribution in [0.15, 0.2) is 12.1 Å². The SMILES string of the molecule is [2H][C@H]1C[C@@H](C(=O)N2CCc3c(Cl)ccc(OCc4nnn(C)c4C(F)F)c3[C@H]2CN2CC3(CC3)CC2=O)[C@@](C)(C(=O)O)C[C@@H]1[2H]. The van der Waals surface area contributed by atoms with Gasteiger partial charge in [0.15, 0.2) is 0 Å². The fourth-order valence-electron chi connectivity index (χ4n) is 6.92. The normalized spacial score (nSPS) is 30.3. The summed E-state index contributed by atoms with van der Waals surface area (Å²) in [5.41, 5.74) is -0.819. The average Bonchev–Trinajstić information content (AvgIpc) is 3.51. The van der Waals surface area contributed by atoms with E-state index in [1.807, 2.05) is 0 Å². The molecule has 0 bridgehead atoms. The van der Waals surface area contributed by atoms with E-state index in [-0.39, 0.29) is 61.0 Å². The zero-order chi connectivity index (χ0) is 32.4. The van der Waals surface area contributed by atoms with Crippen molar-refractivity contribution in [2.24, 2.45) is 23.8 Å². The highest BCUT2D eigenvalue weighted by molar-refractivity contribution is 6.31. The van der Waals surface area contributed by atoms with Gasteiger partial charge in [0.2, 0.25) is 11.8 Å². The number of fused-ring (bicyclic) bond motifs is 1. The molecule has 4 aliphatic rings. The van der Waals surface area contributed by atoms with Crippen molar-refractivity contribution in [3.63, 3.8) is 0 Å². The molecule has 10 nitrogen and oxygen atoms in total. The van der Waals surface area contributed by atoms with E-state index >= 15 is 0 Å². The molecule has 1 N–H and O–H groups in total. The van der Waals surface area contributed by atoms with E-state index in [1.165, 1.54) is 14.0 Å². The lowest BCUT2D eigenvalue weighted by atomic mass is 9.66. The van der Waals surface area contributed by atoms with Gasteiger partial charge in [0.25, 0.3) is 6.43 Å². The van der Waals surface area contributed by atoms with Crippen molar-refractivity contribution >= 4 is 29.4 Å². The maximum absolute atomic E-state index is 14.5. The van der Waals surface area contributed by atoms with Gasteiger partial charge in [-0.3, -0.25) is 14.4 Å². The van der Waals surface area contributed by atoms with E-state index in [0.717, 1.165) is 17.5 Å². The Morgan fingerprint density at radius 1 is 1.28 bits per heavy atom.